The van der Waals surface area contributed by atoms with Crippen molar-refractivity contribution in [3.63, 3.8) is 0 Å². The first kappa shape index (κ1) is 13.9. The average molecular weight is 298 g/mol. The molecule has 1 saturated heterocycles. The fraction of sp³-hybridized carbons (Fsp3) is 0.357. The van der Waals surface area contributed by atoms with Crippen LogP contribution >= 0.6 is 0 Å². The molecule has 1 aliphatic heterocycles. The molecule has 1 aliphatic rings. The summed E-state index contributed by atoms with van der Waals surface area (Å²) >= 11 is 0. The highest BCUT2D eigenvalue weighted by Crippen LogP contribution is 2.43. The fourth-order valence-corrected chi connectivity index (χ4v) is 2.90. The Morgan fingerprint density at radius 2 is 2.00 bits per heavy atom. The summed E-state index contributed by atoms with van der Waals surface area (Å²) in [5.41, 5.74) is -1.29. The number of rotatable bonds is 1. The van der Waals surface area contributed by atoms with Gasteiger partial charge in [-0.25, -0.2) is 0 Å². The number of aromatic amines is 1. The van der Waals surface area contributed by atoms with E-state index in [0.717, 1.165) is 5.52 Å². The van der Waals surface area contributed by atoms with Crippen molar-refractivity contribution in [2.24, 2.45) is 0 Å². The Morgan fingerprint density at radius 3 is 2.62 bits per heavy atom. The number of aliphatic hydroxyl groups is 1. The van der Waals surface area contributed by atoms with Crippen molar-refractivity contribution >= 4 is 16.8 Å². The minimum atomic E-state index is -4.91. The topological polar surface area (TPSA) is 65.1 Å². The van der Waals surface area contributed by atoms with Gasteiger partial charge in [0.05, 0.1) is 5.92 Å². The number of aromatic nitrogens is 1. The van der Waals surface area contributed by atoms with Crippen LogP contribution in [0.4, 0.5) is 13.2 Å². The number of alkyl halides is 3. The number of hydrogen-bond acceptors (Lipinski definition) is 2. The van der Waals surface area contributed by atoms with Gasteiger partial charge in [-0.1, -0.05) is 18.2 Å². The van der Waals surface area contributed by atoms with Crippen LogP contribution in [0.15, 0.2) is 24.3 Å². The molecule has 2 heterocycles. The molecule has 112 valence electrons. The largest absolute Gasteiger partial charge is 0.436 e. The first-order valence-electron chi connectivity index (χ1n) is 6.41. The van der Waals surface area contributed by atoms with Crippen molar-refractivity contribution in [3.8, 4) is 0 Å². The Labute approximate surface area is 118 Å². The number of carbonyl (C=O) groups excluding carboxylic acids is 1. The zero-order chi connectivity index (χ0) is 15.4. The van der Waals surface area contributed by atoms with Crippen LogP contribution < -0.4 is 5.32 Å². The molecule has 1 amide bonds. The van der Waals surface area contributed by atoms with Gasteiger partial charge in [-0.2, -0.15) is 13.2 Å². The lowest BCUT2D eigenvalue weighted by molar-refractivity contribution is -0.266. The quantitative estimate of drug-likeness (QED) is 0.756. The molecule has 0 aliphatic carbocycles. The van der Waals surface area contributed by atoms with Crippen molar-refractivity contribution in [3.05, 3.63) is 35.5 Å². The van der Waals surface area contributed by atoms with Gasteiger partial charge in [0.1, 0.15) is 0 Å². The van der Waals surface area contributed by atoms with Crippen LogP contribution in [0, 0.1) is 6.92 Å². The number of hydrogen-bond donors (Lipinski definition) is 3. The third kappa shape index (κ3) is 1.99. The van der Waals surface area contributed by atoms with Gasteiger partial charge in [-0.3, -0.25) is 4.79 Å². The highest BCUT2D eigenvalue weighted by molar-refractivity contribution is 5.94. The van der Waals surface area contributed by atoms with Gasteiger partial charge in [0.2, 0.25) is 11.6 Å². The minimum absolute atomic E-state index is 0.503. The Hall–Kier alpha value is -2.02. The maximum Gasteiger partial charge on any atom is 0.436 e. The van der Waals surface area contributed by atoms with E-state index in [1.54, 1.807) is 36.5 Å². The molecule has 4 nitrogen and oxygen atoms in total. The molecule has 0 radical (unpaired) electrons. The van der Waals surface area contributed by atoms with E-state index in [-0.39, 0.29) is 0 Å². The van der Waals surface area contributed by atoms with Crippen molar-refractivity contribution < 1.29 is 23.1 Å². The second-order valence-electron chi connectivity index (χ2n) is 5.31. The molecule has 2 atom stereocenters. The van der Waals surface area contributed by atoms with Gasteiger partial charge in [0.25, 0.3) is 0 Å². The molecule has 0 saturated carbocycles. The lowest BCUT2D eigenvalue weighted by Crippen LogP contribution is -2.53. The molecule has 0 spiro atoms. The highest BCUT2D eigenvalue weighted by Gasteiger charge is 2.61. The maximum atomic E-state index is 12.9. The summed E-state index contributed by atoms with van der Waals surface area (Å²) in [6, 6.07) is 7.08. The van der Waals surface area contributed by atoms with Gasteiger partial charge in [-0.05, 0) is 18.6 Å². The molecular weight excluding hydrogens is 285 g/mol. The fourth-order valence-electron chi connectivity index (χ4n) is 2.90. The molecule has 0 bridgehead atoms. The Bertz CT molecular complexity index is 723. The lowest BCUT2D eigenvalue weighted by atomic mass is 9.92. The van der Waals surface area contributed by atoms with E-state index in [1.165, 1.54) is 0 Å². The molecule has 3 rings (SSSR count). The second kappa shape index (κ2) is 4.24. The summed E-state index contributed by atoms with van der Waals surface area (Å²) in [6.45, 7) is 1.70. The zero-order valence-corrected chi connectivity index (χ0v) is 11.1. The third-order valence-corrected chi connectivity index (χ3v) is 3.91. The molecule has 21 heavy (non-hydrogen) atoms. The van der Waals surface area contributed by atoms with Crippen molar-refractivity contribution in [2.45, 2.75) is 31.2 Å². The van der Waals surface area contributed by atoms with Crippen LogP contribution in [-0.4, -0.2) is 27.9 Å². The number of para-hydroxylation sites is 1. The molecule has 7 heteroatoms. The number of aryl methyl sites for hydroxylation is 1. The third-order valence-electron chi connectivity index (χ3n) is 3.91. The van der Waals surface area contributed by atoms with E-state index in [4.69, 9.17) is 0 Å². The summed E-state index contributed by atoms with van der Waals surface area (Å²) in [5, 5.41) is 12.0. The zero-order valence-electron chi connectivity index (χ0n) is 11.1. The summed E-state index contributed by atoms with van der Waals surface area (Å²) in [6.07, 6.45) is -5.63. The lowest BCUT2D eigenvalue weighted by Gasteiger charge is -2.25. The SMILES string of the molecule is Cc1[nH]c2ccccc2c1[C@H]1C[C@](O)(C(F)(F)F)NC1=O. The monoisotopic (exact) mass is 298 g/mol. The highest BCUT2D eigenvalue weighted by atomic mass is 19.4. The van der Waals surface area contributed by atoms with E-state index < -0.39 is 30.1 Å². The summed E-state index contributed by atoms with van der Waals surface area (Å²) < 4.78 is 38.6. The number of benzene rings is 1. The van der Waals surface area contributed by atoms with E-state index in [2.05, 4.69) is 4.98 Å². The number of halogens is 3. The molecule has 1 aromatic heterocycles. The van der Waals surface area contributed by atoms with Crippen molar-refractivity contribution in [2.75, 3.05) is 0 Å². The van der Waals surface area contributed by atoms with Crippen molar-refractivity contribution in [1.82, 2.24) is 10.3 Å². The molecule has 1 aromatic carbocycles. The van der Waals surface area contributed by atoms with Crippen LogP contribution in [0.2, 0.25) is 0 Å². The van der Waals surface area contributed by atoms with Crippen LogP contribution in [0.5, 0.6) is 0 Å². The predicted octanol–water partition coefficient (Wildman–Crippen LogP) is 2.33. The molecule has 1 fully saturated rings. The summed E-state index contributed by atoms with van der Waals surface area (Å²) in [5.74, 6) is -1.85. The predicted molar refractivity (Wildman–Crippen MR) is 69.5 cm³/mol. The molecule has 2 aromatic rings. The molecule has 0 unspecified atom stereocenters. The summed E-state index contributed by atoms with van der Waals surface area (Å²) in [7, 11) is 0. The van der Waals surface area contributed by atoms with Gasteiger partial charge in [-0.15, -0.1) is 0 Å². The normalized spacial score (nSPS) is 26.3. The van der Waals surface area contributed by atoms with Crippen LogP contribution in [-0.2, 0) is 4.79 Å². The van der Waals surface area contributed by atoms with Crippen LogP contribution in [0.3, 0.4) is 0 Å². The van der Waals surface area contributed by atoms with E-state index in [9.17, 15) is 23.1 Å². The van der Waals surface area contributed by atoms with E-state index >= 15 is 0 Å². The average Bonchev–Trinajstić information content (AvgIpc) is 2.85. The number of carbonyl (C=O) groups is 1. The van der Waals surface area contributed by atoms with Gasteiger partial charge < -0.3 is 15.4 Å². The minimum Gasteiger partial charge on any atom is -0.363 e. The Kier molecular flexibility index (Phi) is 2.81. The molecular formula is C14H13F3N2O2. The maximum absolute atomic E-state index is 12.9. The second-order valence-corrected chi connectivity index (χ2v) is 5.31. The van der Waals surface area contributed by atoms with Crippen LogP contribution in [0.1, 0.15) is 23.6 Å². The smallest absolute Gasteiger partial charge is 0.363 e. The van der Waals surface area contributed by atoms with Crippen molar-refractivity contribution in [1.29, 1.82) is 0 Å². The van der Waals surface area contributed by atoms with Crippen LogP contribution in [0.25, 0.3) is 10.9 Å². The first-order valence-corrected chi connectivity index (χ1v) is 6.41. The van der Waals surface area contributed by atoms with Gasteiger partial charge >= 0.3 is 6.18 Å². The Morgan fingerprint density at radius 1 is 1.33 bits per heavy atom. The molecule has 3 N–H and O–H groups in total. The van der Waals surface area contributed by atoms with E-state index in [0.29, 0.717) is 16.6 Å². The van der Waals surface area contributed by atoms with Gasteiger partial charge in [0, 0.05) is 23.0 Å². The first-order chi connectivity index (χ1) is 9.73. The summed E-state index contributed by atoms with van der Waals surface area (Å²) in [4.78, 5) is 15.0. The number of fused-ring (bicyclic) bond motifs is 1. The standard InChI is InChI=1S/C14H13F3N2O2/c1-7-11(8-4-2-3-5-10(8)18-7)9-6-13(21,14(15,16)17)19-12(9)20/h2-5,9,18,21H,6H2,1H3,(H,19,20)/t9-,13+/m1/s1. The number of H-pyrrole nitrogens is 1. The number of nitrogens with one attached hydrogen (secondary N) is 2. The van der Waals surface area contributed by atoms with Gasteiger partial charge in [0.15, 0.2) is 0 Å². The Balaban J connectivity index is 2.08. The number of amides is 1. The van der Waals surface area contributed by atoms with E-state index in [1.807, 2.05) is 0 Å².